The molecule has 0 bridgehead atoms. The van der Waals surface area contributed by atoms with Crippen LogP contribution in [0, 0.1) is 10.1 Å². The van der Waals surface area contributed by atoms with Crippen LogP contribution in [-0.4, -0.2) is 59.5 Å². The summed E-state index contributed by atoms with van der Waals surface area (Å²) in [5, 5.41) is 18.4. The highest BCUT2D eigenvalue weighted by Crippen LogP contribution is 2.23. The van der Waals surface area contributed by atoms with E-state index in [2.05, 4.69) is 30.8 Å². The third-order valence-electron chi connectivity index (χ3n) is 4.74. The Morgan fingerprint density at radius 1 is 1.12 bits per heavy atom. The molecular formula is C21H22N8O4. The number of hydrogen-bond acceptors (Lipinski definition) is 11. The summed E-state index contributed by atoms with van der Waals surface area (Å²) in [6.45, 7) is 2.48. The van der Waals surface area contributed by atoms with Gasteiger partial charge in [0.25, 0.3) is 5.69 Å². The van der Waals surface area contributed by atoms with Crippen LogP contribution in [0.5, 0.6) is 5.75 Å². The first kappa shape index (κ1) is 21.9. The van der Waals surface area contributed by atoms with Crippen molar-refractivity contribution in [3.05, 3.63) is 64.2 Å². The number of aromatic nitrogens is 3. The summed E-state index contributed by atoms with van der Waals surface area (Å²) in [6, 6.07) is 13.8. The second kappa shape index (κ2) is 10.3. The Hall–Kier alpha value is -4.32. The summed E-state index contributed by atoms with van der Waals surface area (Å²) in [7, 11) is 1.48. The number of non-ortho nitro benzene ring substituents is 1. The normalized spacial score (nSPS) is 13.7. The van der Waals surface area contributed by atoms with Gasteiger partial charge in [0, 0.05) is 36.5 Å². The minimum atomic E-state index is -0.480. The molecule has 1 saturated heterocycles. The molecule has 0 radical (unpaired) electrons. The molecule has 0 atom stereocenters. The fraction of sp³-hybridized carbons (Fsp3) is 0.238. The summed E-state index contributed by atoms with van der Waals surface area (Å²) < 4.78 is 10.7. The van der Waals surface area contributed by atoms with Crippen molar-refractivity contribution in [2.45, 2.75) is 0 Å². The first-order chi connectivity index (χ1) is 16.1. The first-order valence-electron chi connectivity index (χ1n) is 10.1. The van der Waals surface area contributed by atoms with Crippen LogP contribution in [0.25, 0.3) is 0 Å². The lowest BCUT2D eigenvalue weighted by molar-refractivity contribution is -0.384. The summed E-state index contributed by atoms with van der Waals surface area (Å²) >= 11 is 0. The Morgan fingerprint density at radius 3 is 2.61 bits per heavy atom. The molecule has 33 heavy (non-hydrogen) atoms. The molecule has 2 aromatic carbocycles. The molecule has 3 aromatic rings. The van der Waals surface area contributed by atoms with Gasteiger partial charge in [-0.15, -0.1) is 0 Å². The Morgan fingerprint density at radius 2 is 1.88 bits per heavy atom. The average molecular weight is 450 g/mol. The van der Waals surface area contributed by atoms with E-state index < -0.39 is 4.92 Å². The zero-order chi connectivity index (χ0) is 23.0. The minimum absolute atomic E-state index is 0.0682. The van der Waals surface area contributed by atoms with Crippen LogP contribution in [0.3, 0.4) is 0 Å². The summed E-state index contributed by atoms with van der Waals surface area (Å²) in [5.41, 5.74) is 3.98. The van der Waals surface area contributed by atoms with Crippen molar-refractivity contribution >= 4 is 35.4 Å². The largest absolute Gasteiger partial charge is 0.496 e. The van der Waals surface area contributed by atoms with Crippen molar-refractivity contribution in [2.24, 2.45) is 5.10 Å². The lowest BCUT2D eigenvalue weighted by Gasteiger charge is -2.27. The van der Waals surface area contributed by atoms with Gasteiger partial charge < -0.3 is 19.7 Å². The van der Waals surface area contributed by atoms with Gasteiger partial charge in [-0.05, 0) is 18.2 Å². The second-order valence-electron chi connectivity index (χ2n) is 6.93. The Bertz CT molecular complexity index is 1140. The van der Waals surface area contributed by atoms with E-state index in [0.29, 0.717) is 49.5 Å². The van der Waals surface area contributed by atoms with Crippen molar-refractivity contribution in [1.82, 2.24) is 15.0 Å². The topological polar surface area (TPSA) is 140 Å². The number of benzene rings is 2. The number of hydrazone groups is 1. The van der Waals surface area contributed by atoms with E-state index in [4.69, 9.17) is 9.47 Å². The van der Waals surface area contributed by atoms with Crippen LogP contribution in [0.1, 0.15) is 5.56 Å². The zero-order valence-corrected chi connectivity index (χ0v) is 17.8. The molecule has 0 amide bonds. The number of rotatable bonds is 8. The van der Waals surface area contributed by atoms with E-state index >= 15 is 0 Å². The van der Waals surface area contributed by atoms with Crippen LogP contribution in [0.4, 0.5) is 29.2 Å². The fourth-order valence-electron chi connectivity index (χ4n) is 3.12. The highest BCUT2D eigenvalue weighted by Gasteiger charge is 2.17. The Balaban J connectivity index is 1.59. The number of anilines is 4. The smallest absolute Gasteiger partial charge is 0.270 e. The molecule has 2 heterocycles. The Kier molecular flexibility index (Phi) is 6.85. The van der Waals surface area contributed by atoms with Gasteiger partial charge in [0.05, 0.1) is 31.5 Å². The molecule has 1 fully saturated rings. The van der Waals surface area contributed by atoms with Crippen molar-refractivity contribution in [3.8, 4) is 5.75 Å². The number of nitrogens with zero attached hydrogens (tertiary/aromatic N) is 6. The number of para-hydroxylation sites is 1. The average Bonchev–Trinajstić information content (AvgIpc) is 2.85. The number of methoxy groups -OCH3 is 1. The summed E-state index contributed by atoms with van der Waals surface area (Å²) in [4.78, 5) is 26.0. The molecule has 170 valence electrons. The maximum absolute atomic E-state index is 11.1. The molecule has 1 aliphatic heterocycles. The highest BCUT2D eigenvalue weighted by atomic mass is 16.6. The maximum atomic E-state index is 11.1. The molecule has 0 spiro atoms. The van der Waals surface area contributed by atoms with Crippen molar-refractivity contribution < 1.29 is 14.4 Å². The van der Waals surface area contributed by atoms with Crippen molar-refractivity contribution in [1.29, 1.82) is 0 Å². The first-order valence-corrected chi connectivity index (χ1v) is 10.1. The van der Waals surface area contributed by atoms with E-state index in [9.17, 15) is 10.1 Å². The number of morpholine rings is 1. The van der Waals surface area contributed by atoms with Crippen LogP contribution in [0.2, 0.25) is 0 Å². The van der Waals surface area contributed by atoms with E-state index in [1.54, 1.807) is 0 Å². The predicted octanol–water partition coefficient (Wildman–Crippen LogP) is 2.81. The highest BCUT2D eigenvalue weighted by molar-refractivity contribution is 5.85. The fourth-order valence-corrected chi connectivity index (χ4v) is 3.12. The molecule has 12 nitrogen and oxygen atoms in total. The molecule has 1 aliphatic rings. The molecule has 4 rings (SSSR count). The maximum Gasteiger partial charge on any atom is 0.270 e. The van der Waals surface area contributed by atoms with Crippen molar-refractivity contribution in [3.63, 3.8) is 0 Å². The molecule has 0 saturated carbocycles. The Labute approximate surface area is 189 Å². The molecule has 1 aromatic heterocycles. The summed E-state index contributed by atoms with van der Waals surface area (Å²) in [6.07, 6.45) is 1.41. The van der Waals surface area contributed by atoms with E-state index in [1.165, 1.54) is 31.5 Å². The van der Waals surface area contributed by atoms with E-state index in [1.807, 2.05) is 35.2 Å². The van der Waals surface area contributed by atoms with Gasteiger partial charge in [-0.1, -0.05) is 18.2 Å². The monoisotopic (exact) mass is 450 g/mol. The molecule has 12 heteroatoms. The zero-order valence-electron chi connectivity index (χ0n) is 17.8. The van der Waals surface area contributed by atoms with E-state index in [-0.39, 0.29) is 11.6 Å². The van der Waals surface area contributed by atoms with Crippen molar-refractivity contribution in [2.75, 3.05) is 49.1 Å². The van der Waals surface area contributed by atoms with Gasteiger partial charge in [0.1, 0.15) is 5.75 Å². The molecule has 2 N–H and O–H groups in total. The van der Waals surface area contributed by atoms with Crippen LogP contribution >= 0.6 is 0 Å². The van der Waals surface area contributed by atoms with Gasteiger partial charge in [0.2, 0.25) is 17.8 Å². The number of nitro benzene ring substituents is 1. The minimum Gasteiger partial charge on any atom is -0.496 e. The third kappa shape index (κ3) is 5.68. The quantitative estimate of drug-likeness (QED) is 0.299. The molecular weight excluding hydrogens is 428 g/mol. The van der Waals surface area contributed by atoms with Gasteiger partial charge in [0.15, 0.2) is 0 Å². The van der Waals surface area contributed by atoms with Crippen LogP contribution < -0.4 is 20.4 Å². The van der Waals surface area contributed by atoms with Gasteiger partial charge in [-0.25, -0.2) is 5.43 Å². The van der Waals surface area contributed by atoms with Crippen LogP contribution in [-0.2, 0) is 4.74 Å². The SMILES string of the molecule is COc1ccc([N+](=O)[O-])cc1/C=N/Nc1nc(Nc2ccccc2)nc(N2CCOCC2)n1. The third-order valence-corrected chi connectivity index (χ3v) is 4.74. The van der Waals surface area contributed by atoms with Gasteiger partial charge in [-0.2, -0.15) is 20.1 Å². The van der Waals surface area contributed by atoms with Crippen LogP contribution in [0.15, 0.2) is 53.6 Å². The van der Waals surface area contributed by atoms with Gasteiger partial charge >= 0.3 is 0 Å². The molecule has 0 aliphatic carbocycles. The second-order valence-corrected chi connectivity index (χ2v) is 6.93. The summed E-state index contributed by atoms with van der Waals surface area (Å²) in [5.74, 6) is 1.49. The molecule has 0 unspecified atom stereocenters. The number of nitro groups is 1. The lowest BCUT2D eigenvalue weighted by atomic mass is 10.2. The predicted molar refractivity (Wildman–Crippen MR) is 123 cm³/mol. The van der Waals surface area contributed by atoms with E-state index in [0.717, 1.165) is 5.69 Å². The number of ether oxygens (including phenoxy) is 2. The standard InChI is InChI=1S/C21H22N8O4/c1-32-18-8-7-17(29(30)31)13-15(18)14-22-27-20-24-19(23-16-5-3-2-4-6-16)25-21(26-20)28-9-11-33-12-10-28/h2-8,13-14H,9-12H2,1H3,(H2,23,24,25,26,27)/b22-14+. The number of nitrogens with one attached hydrogen (secondary N) is 2. The number of hydrogen-bond donors (Lipinski definition) is 2. The van der Waals surface area contributed by atoms with Gasteiger partial charge in [-0.3, -0.25) is 10.1 Å². The lowest BCUT2D eigenvalue weighted by Crippen LogP contribution is -2.37.